The molecule has 3 rings (SSSR count). The van der Waals surface area contributed by atoms with Crippen molar-refractivity contribution in [3.8, 4) is 5.75 Å². The van der Waals surface area contributed by atoms with E-state index in [1.165, 1.54) is 0 Å². The number of rotatable bonds is 2. The van der Waals surface area contributed by atoms with Gasteiger partial charge in [-0.15, -0.1) is 0 Å². The number of nitrogens with one attached hydrogen (secondary N) is 1. The number of phenolic OH excluding ortho intramolecular Hbond substituents is 1. The van der Waals surface area contributed by atoms with E-state index in [0.717, 1.165) is 36.3 Å². The van der Waals surface area contributed by atoms with Gasteiger partial charge in [-0.3, -0.25) is 9.69 Å². The summed E-state index contributed by atoms with van der Waals surface area (Å²) in [5.41, 5.74) is 2.85. The summed E-state index contributed by atoms with van der Waals surface area (Å²) in [6.45, 7) is 4.15. The molecule has 20 heavy (non-hydrogen) atoms. The van der Waals surface area contributed by atoms with Crippen molar-refractivity contribution in [2.45, 2.75) is 26.4 Å². The molecule has 0 atom stereocenters. The lowest BCUT2D eigenvalue weighted by atomic mass is 10.1. The lowest BCUT2D eigenvalue weighted by Crippen LogP contribution is -2.35. The number of hydrogen-bond acceptors (Lipinski definition) is 4. The smallest absolute Gasteiger partial charge is 0.254 e. The molecule has 1 aromatic heterocycles. The second-order valence-electron chi connectivity index (χ2n) is 5.20. The van der Waals surface area contributed by atoms with E-state index in [4.69, 9.17) is 0 Å². The average molecular weight is 271 g/mol. The van der Waals surface area contributed by atoms with Gasteiger partial charge >= 0.3 is 0 Å². The Balaban J connectivity index is 1.78. The maximum atomic E-state index is 11.8. The van der Waals surface area contributed by atoms with Crippen molar-refractivity contribution in [3.63, 3.8) is 0 Å². The number of phenols is 1. The summed E-state index contributed by atoms with van der Waals surface area (Å²) in [6.07, 6.45) is 0.732. The predicted octanol–water partition coefficient (Wildman–Crippen LogP) is 1.34. The highest BCUT2D eigenvalue weighted by molar-refractivity contribution is 5.26. The van der Waals surface area contributed by atoms with Gasteiger partial charge in [-0.2, -0.15) is 0 Å². The first kappa shape index (κ1) is 12.9. The molecule has 0 saturated heterocycles. The number of aromatic hydroxyl groups is 1. The van der Waals surface area contributed by atoms with Gasteiger partial charge in [0.15, 0.2) is 0 Å². The fourth-order valence-electron chi connectivity index (χ4n) is 2.61. The maximum absolute atomic E-state index is 11.8. The standard InChI is InChI=1S/C15H17N3O2/c1-10-16-14-9-18(7-6-13(14)15(20)17-10)8-11-2-4-12(19)5-3-11/h2-5,19H,6-9H2,1H3,(H,16,17,20). The van der Waals surface area contributed by atoms with E-state index in [9.17, 15) is 9.90 Å². The van der Waals surface area contributed by atoms with Gasteiger partial charge in [-0.1, -0.05) is 12.1 Å². The molecule has 1 aliphatic heterocycles. The Hall–Kier alpha value is -2.14. The molecule has 2 aromatic rings. The third kappa shape index (κ3) is 2.58. The van der Waals surface area contributed by atoms with Crippen LogP contribution in [0.25, 0.3) is 0 Å². The number of aromatic amines is 1. The van der Waals surface area contributed by atoms with Crippen molar-refractivity contribution in [3.05, 3.63) is 57.3 Å². The van der Waals surface area contributed by atoms with Gasteiger partial charge in [0.2, 0.25) is 0 Å². The van der Waals surface area contributed by atoms with E-state index < -0.39 is 0 Å². The molecule has 2 N–H and O–H groups in total. The molecule has 5 nitrogen and oxygen atoms in total. The van der Waals surface area contributed by atoms with Crippen LogP contribution in [-0.4, -0.2) is 26.5 Å². The Morgan fingerprint density at radius 1 is 1.35 bits per heavy atom. The summed E-state index contributed by atoms with van der Waals surface area (Å²) in [5.74, 6) is 0.946. The minimum atomic E-state index is -0.00298. The highest BCUT2D eigenvalue weighted by Crippen LogP contribution is 2.17. The van der Waals surface area contributed by atoms with Gasteiger partial charge in [0, 0.05) is 25.2 Å². The number of aromatic nitrogens is 2. The highest BCUT2D eigenvalue weighted by atomic mass is 16.3. The molecule has 0 saturated carbocycles. The Bertz CT molecular complexity index is 677. The van der Waals surface area contributed by atoms with E-state index >= 15 is 0 Å². The first-order valence-electron chi connectivity index (χ1n) is 6.71. The van der Waals surface area contributed by atoms with Gasteiger partial charge in [0.05, 0.1) is 5.69 Å². The van der Waals surface area contributed by atoms with Crippen LogP contribution in [0.4, 0.5) is 0 Å². The van der Waals surface area contributed by atoms with Crippen molar-refractivity contribution >= 4 is 0 Å². The van der Waals surface area contributed by atoms with E-state index in [-0.39, 0.29) is 11.3 Å². The van der Waals surface area contributed by atoms with Crippen molar-refractivity contribution < 1.29 is 5.11 Å². The normalized spacial score (nSPS) is 15.1. The average Bonchev–Trinajstić information content (AvgIpc) is 2.41. The molecule has 0 bridgehead atoms. The number of H-pyrrole nitrogens is 1. The third-order valence-electron chi connectivity index (χ3n) is 3.61. The topological polar surface area (TPSA) is 69.2 Å². The van der Waals surface area contributed by atoms with Crippen LogP contribution in [0.5, 0.6) is 5.75 Å². The van der Waals surface area contributed by atoms with Gasteiger partial charge < -0.3 is 10.1 Å². The number of fused-ring (bicyclic) bond motifs is 1. The summed E-state index contributed by atoms with van der Waals surface area (Å²) in [5, 5.41) is 9.29. The van der Waals surface area contributed by atoms with Crippen LogP contribution in [0, 0.1) is 6.92 Å². The molecule has 1 aromatic carbocycles. The number of benzene rings is 1. The maximum Gasteiger partial charge on any atom is 0.254 e. The van der Waals surface area contributed by atoms with Crippen molar-refractivity contribution in [1.29, 1.82) is 0 Å². The monoisotopic (exact) mass is 271 g/mol. The molecule has 0 radical (unpaired) electrons. The Morgan fingerprint density at radius 2 is 2.10 bits per heavy atom. The van der Waals surface area contributed by atoms with Gasteiger partial charge in [-0.05, 0) is 31.0 Å². The minimum absolute atomic E-state index is 0.00298. The minimum Gasteiger partial charge on any atom is -0.508 e. The van der Waals surface area contributed by atoms with E-state index in [1.54, 1.807) is 19.1 Å². The quantitative estimate of drug-likeness (QED) is 0.865. The number of nitrogens with zero attached hydrogens (tertiary/aromatic N) is 2. The second-order valence-corrected chi connectivity index (χ2v) is 5.20. The zero-order valence-electron chi connectivity index (χ0n) is 11.4. The molecule has 2 heterocycles. The molecule has 0 unspecified atom stereocenters. The van der Waals surface area contributed by atoms with Crippen LogP contribution in [0.15, 0.2) is 29.1 Å². The van der Waals surface area contributed by atoms with Crippen LogP contribution in [0.1, 0.15) is 22.6 Å². The summed E-state index contributed by atoms with van der Waals surface area (Å²) in [4.78, 5) is 21.3. The SMILES string of the molecule is Cc1nc2c(c(=O)[nH]1)CCN(Cc1ccc(O)cc1)C2. The van der Waals surface area contributed by atoms with Crippen LogP contribution in [0.2, 0.25) is 0 Å². The summed E-state index contributed by atoms with van der Waals surface area (Å²) >= 11 is 0. The molecule has 0 fully saturated rings. The summed E-state index contributed by atoms with van der Waals surface area (Å²) < 4.78 is 0. The molecule has 0 spiro atoms. The lowest BCUT2D eigenvalue weighted by Gasteiger charge is -2.27. The lowest BCUT2D eigenvalue weighted by molar-refractivity contribution is 0.240. The molecule has 0 amide bonds. The Morgan fingerprint density at radius 3 is 2.85 bits per heavy atom. The summed E-state index contributed by atoms with van der Waals surface area (Å²) in [6, 6.07) is 7.23. The first-order valence-corrected chi connectivity index (χ1v) is 6.71. The predicted molar refractivity (Wildman–Crippen MR) is 75.5 cm³/mol. The van der Waals surface area contributed by atoms with Crippen LogP contribution in [0.3, 0.4) is 0 Å². The zero-order chi connectivity index (χ0) is 14.1. The van der Waals surface area contributed by atoms with Crippen molar-refractivity contribution in [2.75, 3.05) is 6.54 Å². The van der Waals surface area contributed by atoms with Gasteiger partial charge in [0.1, 0.15) is 11.6 Å². The fraction of sp³-hybridized carbons (Fsp3) is 0.333. The number of hydrogen-bond donors (Lipinski definition) is 2. The highest BCUT2D eigenvalue weighted by Gasteiger charge is 2.20. The van der Waals surface area contributed by atoms with Crippen molar-refractivity contribution in [2.24, 2.45) is 0 Å². The first-order chi connectivity index (χ1) is 9.61. The van der Waals surface area contributed by atoms with Crippen LogP contribution < -0.4 is 5.56 Å². The fourth-order valence-corrected chi connectivity index (χ4v) is 2.61. The number of aryl methyl sites for hydroxylation is 1. The Kier molecular flexibility index (Phi) is 3.28. The molecule has 1 aliphatic rings. The largest absolute Gasteiger partial charge is 0.508 e. The molecule has 5 heteroatoms. The molecule has 104 valence electrons. The van der Waals surface area contributed by atoms with Crippen LogP contribution in [-0.2, 0) is 19.5 Å². The van der Waals surface area contributed by atoms with E-state index in [2.05, 4.69) is 14.9 Å². The zero-order valence-corrected chi connectivity index (χ0v) is 11.4. The molecular formula is C15H17N3O2. The van der Waals surface area contributed by atoms with Gasteiger partial charge in [0.25, 0.3) is 5.56 Å². The van der Waals surface area contributed by atoms with Gasteiger partial charge in [-0.25, -0.2) is 4.98 Å². The third-order valence-corrected chi connectivity index (χ3v) is 3.61. The van der Waals surface area contributed by atoms with Crippen LogP contribution >= 0.6 is 0 Å². The molecular weight excluding hydrogens is 254 g/mol. The molecule has 0 aliphatic carbocycles. The van der Waals surface area contributed by atoms with Crippen molar-refractivity contribution in [1.82, 2.24) is 14.9 Å². The summed E-state index contributed by atoms with van der Waals surface area (Å²) in [7, 11) is 0. The van der Waals surface area contributed by atoms with E-state index in [0.29, 0.717) is 12.4 Å². The second kappa shape index (κ2) is 5.09. The Labute approximate surface area is 116 Å². The van der Waals surface area contributed by atoms with E-state index in [1.807, 2.05) is 12.1 Å².